The lowest BCUT2D eigenvalue weighted by Crippen LogP contribution is -2.05. The van der Waals surface area contributed by atoms with E-state index in [9.17, 15) is 4.79 Å². The van der Waals surface area contributed by atoms with E-state index in [-0.39, 0.29) is 13.0 Å². The maximum absolute atomic E-state index is 10.4. The Morgan fingerprint density at radius 3 is 3.00 bits per heavy atom. The average Bonchev–Trinajstić information content (AvgIpc) is 2.32. The third-order valence-corrected chi connectivity index (χ3v) is 2.58. The second-order valence-electron chi connectivity index (χ2n) is 3.44. The summed E-state index contributed by atoms with van der Waals surface area (Å²) in [5.41, 5.74) is 0.644. The number of carboxylic acids is 1. The highest BCUT2D eigenvalue weighted by Crippen LogP contribution is 2.29. The van der Waals surface area contributed by atoms with Gasteiger partial charge in [-0.3, -0.25) is 9.78 Å². The molecule has 0 bridgehead atoms. The standard InChI is InChI=1S/C12H10ClNO3/c13-9-3-4-10(17-7-5-11(15)16)12-8(9)2-1-6-14-12/h1-4,6H,5,7H2,(H,15,16). The topological polar surface area (TPSA) is 59.4 Å². The molecule has 0 aliphatic heterocycles. The van der Waals surface area contributed by atoms with Gasteiger partial charge in [-0.2, -0.15) is 0 Å². The Kier molecular flexibility index (Phi) is 3.44. The fraction of sp³-hybridized carbons (Fsp3) is 0.167. The second-order valence-corrected chi connectivity index (χ2v) is 3.84. The zero-order valence-corrected chi connectivity index (χ0v) is 9.65. The molecule has 0 spiro atoms. The number of hydrogen-bond donors (Lipinski definition) is 1. The zero-order chi connectivity index (χ0) is 12.3. The van der Waals surface area contributed by atoms with Crippen LogP contribution in [0, 0.1) is 0 Å². The maximum Gasteiger partial charge on any atom is 0.306 e. The molecule has 0 unspecified atom stereocenters. The van der Waals surface area contributed by atoms with E-state index in [2.05, 4.69) is 4.98 Å². The summed E-state index contributed by atoms with van der Waals surface area (Å²) in [5.74, 6) is -0.345. The van der Waals surface area contributed by atoms with Crippen LogP contribution in [0.3, 0.4) is 0 Å². The highest BCUT2D eigenvalue weighted by molar-refractivity contribution is 6.35. The number of carboxylic acid groups (broad SMARTS) is 1. The van der Waals surface area contributed by atoms with E-state index >= 15 is 0 Å². The molecule has 0 aliphatic carbocycles. The summed E-state index contributed by atoms with van der Waals surface area (Å²) in [6.07, 6.45) is 1.60. The number of fused-ring (bicyclic) bond motifs is 1. The summed E-state index contributed by atoms with van der Waals surface area (Å²) in [7, 11) is 0. The van der Waals surface area contributed by atoms with Crippen molar-refractivity contribution < 1.29 is 14.6 Å². The van der Waals surface area contributed by atoms with Crippen molar-refractivity contribution in [3.05, 3.63) is 35.5 Å². The fourth-order valence-corrected chi connectivity index (χ4v) is 1.69. The van der Waals surface area contributed by atoms with Crippen molar-refractivity contribution >= 4 is 28.5 Å². The van der Waals surface area contributed by atoms with E-state index in [0.29, 0.717) is 16.3 Å². The molecule has 1 aromatic carbocycles. The van der Waals surface area contributed by atoms with Crippen LogP contribution in [0.15, 0.2) is 30.5 Å². The third kappa shape index (κ3) is 2.65. The first kappa shape index (κ1) is 11.7. The first-order chi connectivity index (χ1) is 8.18. The van der Waals surface area contributed by atoms with E-state index in [1.54, 1.807) is 24.4 Å². The minimum absolute atomic E-state index is 0.0447. The number of aliphatic carboxylic acids is 1. The molecule has 4 nitrogen and oxygen atoms in total. The predicted octanol–water partition coefficient (Wildman–Crippen LogP) is 2.74. The molecule has 2 rings (SSSR count). The van der Waals surface area contributed by atoms with Gasteiger partial charge < -0.3 is 9.84 Å². The van der Waals surface area contributed by atoms with Gasteiger partial charge in [-0.05, 0) is 24.3 Å². The lowest BCUT2D eigenvalue weighted by Gasteiger charge is -2.08. The van der Waals surface area contributed by atoms with Gasteiger partial charge >= 0.3 is 5.97 Å². The molecule has 0 aliphatic rings. The van der Waals surface area contributed by atoms with Gasteiger partial charge in [0.15, 0.2) is 0 Å². The predicted molar refractivity (Wildman–Crippen MR) is 64.5 cm³/mol. The molecule has 0 saturated heterocycles. The van der Waals surface area contributed by atoms with Gasteiger partial charge in [-0.15, -0.1) is 0 Å². The summed E-state index contributed by atoms with van der Waals surface area (Å²) in [4.78, 5) is 14.6. The van der Waals surface area contributed by atoms with Crippen LogP contribution in [0.2, 0.25) is 5.02 Å². The molecule has 0 radical (unpaired) electrons. The van der Waals surface area contributed by atoms with Crippen molar-refractivity contribution in [3.63, 3.8) is 0 Å². The average molecular weight is 252 g/mol. The molecular weight excluding hydrogens is 242 g/mol. The van der Waals surface area contributed by atoms with E-state index in [4.69, 9.17) is 21.4 Å². The molecule has 1 aromatic heterocycles. The minimum Gasteiger partial charge on any atom is -0.491 e. The van der Waals surface area contributed by atoms with Gasteiger partial charge in [0.2, 0.25) is 0 Å². The van der Waals surface area contributed by atoms with E-state index in [0.717, 1.165) is 5.39 Å². The van der Waals surface area contributed by atoms with Gasteiger partial charge in [-0.1, -0.05) is 11.6 Å². The van der Waals surface area contributed by atoms with Crippen LogP contribution in [0.4, 0.5) is 0 Å². The molecule has 5 heteroatoms. The van der Waals surface area contributed by atoms with Gasteiger partial charge in [0, 0.05) is 11.6 Å². The Morgan fingerprint density at radius 2 is 2.24 bits per heavy atom. The van der Waals surface area contributed by atoms with Crippen LogP contribution in [-0.2, 0) is 4.79 Å². The summed E-state index contributed by atoms with van der Waals surface area (Å²) in [6, 6.07) is 7.03. The minimum atomic E-state index is -0.892. The van der Waals surface area contributed by atoms with Gasteiger partial charge in [0.1, 0.15) is 11.3 Å². The molecule has 88 valence electrons. The summed E-state index contributed by atoms with van der Waals surface area (Å²) in [6.45, 7) is 0.114. The first-order valence-electron chi connectivity index (χ1n) is 5.06. The number of benzene rings is 1. The summed E-state index contributed by atoms with van der Waals surface area (Å²) in [5, 5.41) is 9.92. The van der Waals surface area contributed by atoms with Crippen LogP contribution in [-0.4, -0.2) is 22.7 Å². The maximum atomic E-state index is 10.4. The van der Waals surface area contributed by atoms with Crippen LogP contribution in [0.25, 0.3) is 10.9 Å². The Bertz CT molecular complexity index is 556. The molecule has 17 heavy (non-hydrogen) atoms. The van der Waals surface area contributed by atoms with Crippen LogP contribution in [0.1, 0.15) is 6.42 Å². The van der Waals surface area contributed by atoms with Gasteiger partial charge in [0.05, 0.1) is 18.1 Å². The number of pyridine rings is 1. The van der Waals surface area contributed by atoms with E-state index in [1.165, 1.54) is 0 Å². The molecule has 2 aromatic rings. The van der Waals surface area contributed by atoms with Crippen molar-refractivity contribution in [2.45, 2.75) is 6.42 Å². The summed E-state index contributed by atoms with van der Waals surface area (Å²) >= 11 is 6.02. The number of carbonyl (C=O) groups is 1. The normalized spacial score (nSPS) is 10.4. The molecule has 0 fully saturated rings. The molecule has 0 atom stereocenters. The molecule has 0 amide bonds. The molecule has 1 heterocycles. The quantitative estimate of drug-likeness (QED) is 0.908. The number of nitrogens with zero attached hydrogens (tertiary/aromatic N) is 1. The van der Waals surface area contributed by atoms with Crippen LogP contribution in [0.5, 0.6) is 5.75 Å². The van der Waals surface area contributed by atoms with E-state index in [1.807, 2.05) is 6.07 Å². The Hall–Kier alpha value is -1.81. The van der Waals surface area contributed by atoms with Gasteiger partial charge in [-0.25, -0.2) is 0 Å². The highest BCUT2D eigenvalue weighted by atomic mass is 35.5. The van der Waals surface area contributed by atoms with Crippen molar-refractivity contribution in [1.29, 1.82) is 0 Å². The Balaban J connectivity index is 2.28. The smallest absolute Gasteiger partial charge is 0.306 e. The van der Waals surface area contributed by atoms with Crippen molar-refractivity contribution in [2.24, 2.45) is 0 Å². The monoisotopic (exact) mass is 251 g/mol. The number of ether oxygens (including phenoxy) is 1. The Labute approximate surface area is 103 Å². The lowest BCUT2D eigenvalue weighted by molar-refractivity contribution is -0.137. The zero-order valence-electron chi connectivity index (χ0n) is 8.89. The third-order valence-electron chi connectivity index (χ3n) is 2.25. The largest absolute Gasteiger partial charge is 0.491 e. The second kappa shape index (κ2) is 5.01. The molecular formula is C12H10ClNO3. The summed E-state index contributed by atoms with van der Waals surface area (Å²) < 4.78 is 5.38. The number of halogens is 1. The van der Waals surface area contributed by atoms with Crippen LogP contribution >= 0.6 is 11.6 Å². The Morgan fingerprint density at radius 1 is 1.41 bits per heavy atom. The number of aromatic nitrogens is 1. The van der Waals surface area contributed by atoms with Crippen molar-refractivity contribution in [2.75, 3.05) is 6.61 Å². The molecule has 0 saturated carbocycles. The SMILES string of the molecule is O=C(O)CCOc1ccc(Cl)c2cccnc12. The highest BCUT2D eigenvalue weighted by Gasteiger charge is 2.07. The van der Waals surface area contributed by atoms with Crippen LogP contribution < -0.4 is 4.74 Å². The van der Waals surface area contributed by atoms with Crippen molar-refractivity contribution in [3.8, 4) is 5.75 Å². The molecule has 1 N–H and O–H groups in total. The van der Waals surface area contributed by atoms with Crippen molar-refractivity contribution in [1.82, 2.24) is 4.98 Å². The lowest BCUT2D eigenvalue weighted by atomic mass is 10.2. The fourth-order valence-electron chi connectivity index (χ4n) is 1.48. The van der Waals surface area contributed by atoms with E-state index < -0.39 is 5.97 Å². The first-order valence-corrected chi connectivity index (χ1v) is 5.44. The number of rotatable bonds is 4. The van der Waals surface area contributed by atoms with Gasteiger partial charge in [0.25, 0.3) is 0 Å². The number of hydrogen-bond acceptors (Lipinski definition) is 3.